The molecular weight excluding hydrogens is 355 g/mol. The number of methoxy groups -OCH3 is 1. The first-order valence-corrected chi connectivity index (χ1v) is 8.78. The molecule has 2 aliphatic rings. The minimum absolute atomic E-state index is 0.00954. The molecule has 2 rings (SSSR count). The van der Waals surface area contributed by atoms with Crippen LogP contribution in [0.4, 0.5) is 13.2 Å². The van der Waals surface area contributed by atoms with Gasteiger partial charge >= 0.3 is 18.1 Å². The molecule has 0 spiro atoms. The minimum atomic E-state index is -5.02. The van der Waals surface area contributed by atoms with E-state index in [9.17, 15) is 27.9 Å². The predicted octanol–water partition coefficient (Wildman–Crippen LogP) is 2.46. The van der Waals surface area contributed by atoms with Gasteiger partial charge in [0, 0.05) is 19.8 Å². The molecule has 4 atom stereocenters. The molecule has 9 heteroatoms. The standard InChI is InChI=1S/C17H26F3NO5/c1-10(2)16(15(23)24)6-4-11(8-16)21(14(22)17(18,19)20)12-5-7-26-9-13(12)25-3/h10-13H,4-9H2,1-3H3,(H,23,24)/t11-,12?,13?,16+/m1/s1. The molecule has 0 aromatic carbocycles. The van der Waals surface area contributed by atoms with Crippen molar-refractivity contribution in [3.63, 3.8) is 0 Å². The smallest absolute Gasteiger partial charge is 0.471 e. The number of carbonyl (C=O) groups excluding carboxylic acids is 1. The number of halogens is 3. The quantitative estimate of drug-likeness (QED) is 0.792. The lowest BCUT2D eigenvalue weighted by Gasteiger charge is -2.43. The SMILES string of the molecule is COC1COCCC1N(C(=O)C(F)(F)F)[C@@H]1CC[C@@](C(=O)O)(C(C)C)C1. The molecule has 26 heavy (non-hydrogen) atoms. The van der Waals surface area contributed by atoms with Crippen molar-refractivity contribution in [2.24, 2.45) is 11.3 Å². The Hall–Kier alpha value is -1.35. The third kappa shape index (κ3) is 3.83. The van der Waals surface area contributed by atoms with Gasteiger partial charge in [0.1, 0.15) is 6.10 Å². The molecular formula is C17H26F3NO5. The van der Waals surface area contributed by atoms with Crippen molar-refractivity contribution in [1.29, 1.82) is 0 Å². The summed E-state index contributed by atoms with van der Waals surface area (Å²) in [4.78, 5) is 24.9. The second-order valence-electron chi connectivity index (χ2n) is 7.43. The van der Waals surface area contributed by atoms with E-state index in [0.29, 0.717) is 0 Å². The van der Waals surface area contributed by atoms with Crippen molar-refractivity contribution in [3.8, 4) is 0 Å². The predicted molar refractivity (Wildman–Crippen MR) is 85.5 cm³/mol. The van der Waals surface area contributed by atoms with Gasteiger partial charge in [0.15, 0.2) is 0 Å². The summed E-state index contributed by atoms with van der Waals surface area (Å²) < 4.78 is 50.3. The number of carboxylic acid groups (broad SMARTS) is 1. The maximum atomic E-state index is 13.3. The van der Waals surface area contributed by atoms with Crippen molar-refractivity contribution in [2.75, 3.05) is 20.3 Å². The Bertz CT molecular complexity index is 539. The lowest BCUT2D eigenvalue weighted by molar-refractivity contribution is -0.197. The molecule has 1 saturated heterocycles. The van der Waals surface area contributed by atoms with E-state index in [2.05, 4.69) is 0 Å². The van der Waals surface area contributed by atoms with E-state index in [1.165, 1.54) is 7.11 Å². The Labute approximate surface area is 150 Å². The van der Waals surface area contributed by atoms with Crippen LogP contribution in [0.25, 0.3) is 0 Å². The largest absolute Gasteiger partial charge is 0.481 e. The topological polar surface area (TPSA) is 76.1 Å². The van der Waals surface area contributed by atoms with Crippen LogP contribution in [-0.4, -0.2) is 66.6 Å². The summed E-state index contributed by atoms with van der Waals surface area (Å²) in [6, 6.07) is -1.58. The maximum absolute atomic E-state index is 13.3. The number of hydrogen-bond donors (Lipinski definition) is 1. The van der Waals surface area contributed by atoms with E-state index >= 15 is 0 Å². The van der Waals surface area contributed by atoms with Crippen LogP contribution in [-0.2, 0) is 19.1 Å². The van der Waals surface area contributed by atoms with Crippen LogP contribution in [0.15, 0.2) is 0 Å². The van der Waals surface area contributed by atoms with Crippen LogP contribution in [0.1, 0.15) is 39.5 Å². The number of rotatable bonds is 5. The molecule has 1 amide bonds. The Morgan fingerprint density at radius 2 is 1.96 bits per heavy atom. The van der Waals surface area contributed by atoms with Gasteiger partial charge in [0.2, 0.25) is 0 Å². The van der Waals surface area contributed by atoms with Crippen molar-refractivity contribution in [3.05, 3.63) is 0 Å². The van der Waals surface area contributed by atoms with Gasteiger partial charge in [-0.25, -0.2) is 0 Å². The van der Waals surface area contributed by atoms with Gasteiger partial charge in [0.25, 0.3) is 0 Å². The summed E-state index contributed by atoms with van der Waals surface area (Å²) in [5, 5.41) is 9.67. The summed E-state index contributed by atoms with van der Waals surface area (Å²) >= 11 is 0. The molecule has 1 heterocycles. The fourth-order valence-electron chi connectivity index (χ4n) is 4.23. The molecule has 0 aromatic heterocycles. The van der Waals surface area contributed by atoms with Crippen LogP contribution in [0.5, 0.6) is 0 Å². The second-order valence-corrected chi connectivity index (χ2v) is 7.43. The number of carbonyl (C=O) groups is 2. The maximum Gasteiger partial charge on any atom is 0.471 e. The van der Waals surface area contributed by atoms with Crippen molar-refractivity contribution >= 4 is 11.9 Å². The number of nitrogens with zero attached hydrogens (tertiary/aromatic N) is 1. The van der Waals surface area contributed by atoms with E-state index in [4.69, 9.17) is 9.47 Å². The first-order valence-electron chi connectivity index (χ1n) is 8.78. The van der Waals surface area contributed by atoms with E-state index in [-0.39, 0.29) is 44.8 Å². The fourth-order valence-corrected chi connectivity index (χ4v) is 4.23. The molecule has 1 aliphatic carbocycles. The molecule has 1 saturated carbocycles. The van der Waals surface area contributed by atoms with E-state index < -0.39 is 41.7 Å². The molecule has 1 aliphatic heterocycles. The summed E-state index contributed by atoms with van der Waals surface area (Å²) in [6.07, 6.45) is -5.00. The van der Waals surface area contributed by atoms with Crippen LogP contribution < -0.4 is 0 Å². The fraction of sp³-hybridized carbons (Fsp3) is 0.882. The zero-order chi connectivity index (χ0) is 19.7. The monoisotopic (exact) mass is 381 g/mol. The lowest BCUT2D eigenvalue weighted by atomic mass is 9.75. The zero-order valence-electron chi connectivity index (χ0n) is 15.2. The number of alkyl halides is 3. The summed E-state index contributed by atoms with van der Waals surface area (Å²) in [5.74, 6) is -3.20. The van der Waals surface area contributed by atoms with Crippen molar-refractivity contribution in [2.45, 2.75) is 63.9 Å². The first-order chi connectivity index (χ1) is 12.0. The van der Waals surface area contributed by atoms with Gasteiger partial charge in [-0.2, -0.15) is 13.2 Å². The van der Waals surface area contributed by atoms with E-state index in [1.807, 2.05) is 0 Å². The Kier molecular flexibility index (Phi) is 6.22. The minimum Gasteiger partial charge on any atom is -0.481 e. The average Bonchev–Trinajstić information content (AvgIpc) is 3.01. The average molecular weight is 381 g/mol. The van der Waals surface area contributed by atoms with Gasteiger partial charge < -0.3 is 19.5 Å². The highest BCUT2D eigenvalue weighted by molar-refractivity contribution is 5.83. The zero-order valence-corrected chi connectivity index (χ0v) is 15.2. The van der Waals surface area contributed by atoms with E-state index in [1.54, 1.807) is 13.8 Å². The van der Waals surface area contributed by atoms with Crippen LogP contribution in [0.3, 0.4) is 0 Å². The molecule has 1 N–H and O–H groups in total. The first kappa shape index (κ1) is 21.0. The lowest BCUT2D eigenvalue weighted by Crippen LogP contribution is -2.58. The van der Waals surface area contributed by atoms with Gasteiger partial charge in [-0.15, -0.1) is 0 Å². The summed E-state index contributed by atoms with van der Waals surface area (Å²) in [5.41, 5.74) is -1.12. The normalized spacial score (nSPS) is 32.7. The Morgan fingerprint density at radius 3 is 2.42 bits per heavy atom. The van der Waals surface area contributed by atoms with E-state index in [0.717, 1.165) is 4.90 Å². The third-order valence-electron chi connectivity index (χ3n) is 5.85. The van der Waals surface area contributed by atoms with Crippen molar-refractivity contribution in [1.82, 2.24) is 4.90 Å². The van der Waals surface area contributed by atoms with Crippen molar-refractivity contribution < 1.29 is 37.3 Å². The number of amides is 1. The molecule has 150 valence electrons. The summed E-state index contributed by atoms with van der Waals surface area (Å²) in [7, 11) is 1.37. The number of ether oxygens (including phenoxy) is 2. The summed E-state index contributed by atoms with van der Waals surface area (Å²) in [6.45, 7) is 3.83. The van der Waals surface area contributed by atoms with Gasteiger partial charge in [0.05, 0.1) is 18.1 Å². The molecule has 0 aromatic rings. The molecule has 2 unspecified atom stereocenters. The third-order valence-corrected chi connectivity index (χ3v) is 5.85. The van der Waals surface area contributed by atoms with Crippen LogP contribution in [0.2, 0.25) is 0 Å². The number of aliphatic carboxylic acids is 1. The highest BCUT2D eigenvalue weighted by atomic mass is 19.4. The number of carboxylic acids is 1. The van der Waals surface area contributed by atoms with Crippen LogP contribution >= 0.6 is 0 Å². The van der Waals surface area contributed by atoms with Crippen LogP contribution in [0, 0.1) is 11.3 Å². The Balaban J connectivity index is 2.36. The molecule has 0 radical (unpaired) electrons. The molecule has 2 fully saturated rings. The highest BCUT2D eigenvalue weighted by Crippen LogP contribution is 2.47. The second kappa shape index (κ2) is 7.72. The molecule has 0 bridgehead atoms. The Morgan fingerprint density at radius 1 is 1.31 bits per heavy atom. The van der Waals surface area contributed by atoms with Gasteiger partial charge in [-0.1, -0.05) is 13.8 Å². The number of hydrogen-bond acceptors (Lipinski definition) is 4. The van der Waals surface area contributed by atoms with Gasteiger partial charge in [-0.3, -0.25) is 9.59 Å². The van der Waals surface area contributed by atoms with Gasteiger partial charge in [-0.05, 0) is 31.6 Å². The highest BCUT2D eigenvalue weighted by Gasteiger charge is 2.55. The molecule has 6 nitrogen and oxygen atoms in total.